The molecular formula is C7H9ClO2. The fourth-order valence-corrected chi connectivity index (χ4v) is 0.961. The molecule has 0 fully saturated rings. The maximum absolute atomic E-state index is 9.32. The molecule has 0 saturated carbocycles. The Morgan fingerprint density at radius 3 is 2.70 bits per heavy atom. The molecule has 2 nitrogen and oxygen atoms in total. The predicted molar refractivity (Wildman–Crippen MR) is 39.9 cm³/mol. The lowest BCUT2D eigenvalue weighted by atomic mass is 9.97. The van der Waals surface area contributed by atoms with Crippen LogP contribution in [-0.4, -0.2) is 15.8 Å². The van der Waals surface area contributed by atoms with Crippen molar-refractivity contribution < 1.29 is 10.2 Å². The van der Waals surface area contributed by atoms with Gasteiger partial charge in [-0.2, -0.15) is 0 Å². The number of aliphatic hydroxyl groups excluding tert-OH is 1. The maximum Gasteiger partial charge on any atom is 0.114 e. The van der Waals surface area contributed by atoms with Gasteiger partial charge in [-0.05, 0) is 13.0 Å². The zero-order valence-corrected chi connectivity index (χ0v) is 6.39. The van der Waals surface area contributed by atoms with Gasteiger partial charge < -0.3 is 10.2 Å². The highest BCUT2D eigenvalue weighted by Gasteiger charge is 2.23. The van der Waals surface area contributed by atoms with Crippen LogP contribution in [0.4, 0.5) is 0 Å². The Morgan fingerprint density at radius 2 is 2.30 bits per heavy atom. The number of allylic oxidation sites excluding steroid dienone is 2. The quantitative estimate of drug-likeness (QED) is 0.567. The number of aliphatic hydroxyl groups is 2. The third kappa shape index (κ3) is 1.52. The number of halogens is 1. The lowest BCUT2D eigenvalue weighted by Crippen LogP contribution is -2.23. The summed E-state index contributed by atoms with van der Waals surface area (Å²) in [4.78, 5) is 0. The molecule has 0 aromatic rings. The van der Waals surface area contributed by atoms with E-state index in [1.54, 1.807) is 13.0 Å². The van der Waals surface area contributed by atoms with Crippen molar-refractivity contribution in [1.82, 2.24) is 0 Å². The third-order valence-electron chi connectivity index (χ3n) is 1.39. The summed E-state index contributed by atoms with van der Waals surface area (Å²) in [7, 11) is 0. The van der Waals surface area contributed by atoms with E-state index >= 15 is 0 Å². The van der Waals surface area contributed by atoms with Crippen LogP contribution in [0.1, 0.15) is 13.3 Å². The SMILES string of the molecule is CC1(O)C=CC(Cl)=C(O)C1. The Labute approximate surface area is 64.4 Å². The van der Waals surface area contributed by atoms with E-state index in [9.17, 15) is 5.11 Å². The largest absolute Gasteiger partial charge is 0.511 e. The molecule has 1 rings (SSSR count). The smallest absolute Gasteiger partial charge is 0.114 e. The molecule has 0 aromatic carbocycles. The monoisotopic (exact) mass is 160 g/mol. The van der Waals surface area contributed by atoms with Crippen LogP contribution in [0.5, 0.6) is 0 Å². The molecule has 1 atom stereocenters. The lowest BCUT2D eigenvalue weighted by molar-refractivity contribution is 0.0963. The average molecular weight is 161 g/mol. The van der Waals surface area contributed by atoms with Gasteiger partial charge in [-0.25, -0.2) is 0 Å². The fraction of sp³-hybridized carbons (Fsp3) is 0.429. The van der Waals surface area contributed by atoms with E-state index in [1.165, 1.54) is 6.08 Å². The van der Waals surface area contributed by atoms with E-state index in [1.807, 2.05) is 0 Å². The molecule has 0 amide bonds. The topological polar surface area (TPSA) is 40.5 Å². The highest BCUT2D eigenvalue weighted by atomic mass is 35.5. The molecule has 3 heteroatoms. The predicted octanol–water partition coefficient (Wildman–Crippen LogP) is 1.71. The Kier molecular flexibility index (Phi) is 1.75. The molecule has 0 radical (unpaired) electrons. The van der Waals surface area contributed by atoms with Crippen molar-refractivity contribution in [3.8, 4) is 0 Å². The van der Waals surface area contributed by atoms with Gasteiger partial charge in [0.2, 0.25) is 0 Å². The van der Waals surface area contributed by atoms with Crippen LogP contribution < -0.4 is 0 Å². The average Bonchev–Trinajstić information content (AvgIpc) is 1.79. The zero-order chi connectivity index (χ0) is 7.78. The van der Waals surface area contributed by atoms with Crippen LogP contribution in [-0.2, 0) is 0 Å². The first kappa shape index (κ1) is 7.63. The van der Waals surface area contributed by atoms with Gasteiger partial charge in [-0.1, -0.05) is 17.7 Å². The van der Waals surface area contributed by atoms with E-state index < -0.39 is 5.60 Å². The third-order valence-corrected chi connectivity index (χ3v) is 1.73. The van der Waals surface area contributed by atoms with Crippen molar-refractivity contribution in [2.75, 3.05) is 0 Å². The van der Waals surface area contributed by atoms with E-state index in [2.05, 4.69) is 0 Å². The second-order valence-corrected chi connectivity index (χ2v) is 3.07. The van der Waals surface area contributed by atoms with E-state index in [-0.39, 0.29) is 12.2 Å². The molecule has 56 valence electrons. The normalized spacial score (nSPS) is 33.1. The van der Waals surface area contributed by atoms with Crippen molar-refractivity contribution in [2.45, 2.75) is 18.9 Å². The van der Waals surface area contributed by atoms with Crippen LogP contribution >= 0.6 is 11.6 Å². The first-order valence-corrected chi connectivity index (χ1v) is 3.38. The van der Waals surface area contributed by atoms with E-state index in [0.29, 0.717) is 5.03 Å². The zero-order valence-electron chi connectivity index (χ0n) is 5.63. The number of rotatable bonds is 0. The molecule has 1 unspecified atom stereocenters. The second kappa shape index (κ2) is 2.29. The lowest BCUT2D eigenvalue weighted by Gasteiger charge is -2.21. The van der Waals surface area contributed by atoms with Crippen LogP contribution in [0.25, 0.3) is 0 Å². The number of hydrogen-bond acceptors (Lipinski definition) is 2. The molecule has 10 heavy (non-hydrogen) atoms. The van der Waals surface area contributed by atoms with E-state index in [4.69, 9.17) is 16.7 Å². The maximum atomic E-state index is 9.32. The van der Waals surface area contributed by atoms with Crippen molar-refractivity contribution >= 4 is 11.6 Å². The molecule has 0 bridgehead atoms. The van der Waals surface area contributed by atoms with Crippen LogP contribution in [0.15, 0.2) is 22.9 Å². The summed E-state index contributed by atoms with van der Waals surface area (Å²) < 4.78 is 0. The molecule has 0 saturated heterocycles. The summed E-state index contributed by atoms with van der Waals surface area (Å²) in [5, 5.41) is 18.7. The van der Waals surface area contributed by atoms with Gasteiger partial charge in [0.05, 0.1) is 10.6 Å². The molecule has 0 aromatic heterocycles. The molecule has 0 aliphatic heterocycles. The minimum absolute atomic E-state index is 0.0502. The molecule has 2 N–H and O–H groups in total. The molecule has 1 aliphatic carbocycles. The van der Waals surface area contributed by atoms with Gasteiger partial charge in [-0.15, -0.1) is 0 Å². The number of hydrogen-bond donors (Lipinski definition) is 2. The van der Waals surface area contributed by atoms with Crippen molar-refractivity contribution in [1.29, 1.82) is 0 Å². The van der Waals surface area contributed by atoms with Gasteiger partial charge in [0, 0.05) is 6.42 Å². The van der Waals surface area contributed by atoms with Crippen LogP contribution in [0, 0.1) is 0 Å². The van der Waals surface area contributed by atoms with Crippen LogP contribution in [0.2, 0.25) is 0 Å². The Morgan fingerprint density at radius 1 is 1.70 bits per heavy atom. The Balaban J connectivity index is 2.85. The van der Waals surface area contributed by atoms with Gasteiger partial charge in [0.15, 0.2) is 0 Å². The highest BCUT2D eigenvalue weighted by Crippen LogP contribution is 2.26. The summed E-state index contributed by atoms with van der Waals surface area (Å²) in [6, 6.07) is 0. The summed E-state index contributed by atoms with van der Waals surface area (Å²) in [6.45, 7) is 1.61. The highest BCUT2D eigenvalue weighted by molar-refractivity contribution is 6.31. The molecule has 1 aliphatic rings. The first-order valence-electron chi connectivity index (χ1n) is 3.00. The van der Waals surface area contributed by atoms with Crippen molar-refractivity contribution in [3.63, 3.8) is 0 Å². The second-order valence-electron chi connectivity index (χ2n) is 2.66. The Bertz CT molecular complexity index is 204. The minimum Gasteiger partial charge on any atom is -0.511 e. The van der Waals surface area contributed by atoms with Crippen molar-refractivity contribution in [2.24, 2.45) is 0 Å². The van der Waals surface area contributed by atoms with Crippen LogP contribution in [0.3, 0.4) is 0 Å². The van der Waals surface area contributed by atoms with Gasteiger partial charge in [0.1, 0.15) is 5.76 Å². The summed E-state index contributed by atoms with van der Waals surface area (Å²) >= 11 is 5.53. The molecule has 0 heterocycles. The van der Waals surface area contributed by atoms with Crippen molar-refractivity contribution in [3.05, 3.63) is 22.9 Å². The van der Waals surface area contributed by atoms with Gasteiger partial charge in [-0.3, -0.25) is 0 Å². The van der Waals surface area contributed by atoms with Gasteiger partial charge >= 0.3 is 0 Å². The summed E-state index contributed by atoms with van der Waals surface area (Å²) in [5.41, 5.74) is -0.942. The summed E-state index contributed by atoms with van der Waals surface area (Å²) in [5.74, 6) is 0.0502. The summed E-state index contributed by atoms with van der Waals surface area (Å²) in [6.07, 6.45) is 3.26. The first-order chi connectivity index (χ1) is 4.51. The molecular weight excluding hydrogens is 152 g/mol. The van der Waals surface area contributed by atoms with E-state index in [0.717, 1.165) is 0 Å². The molecule has 0 spiro atoms. The standard InChI is InChI=1S/C7H9ClO2/c1-7(10)3-2-5(8)6(9)4-7/h2-3,9-10H,4H2,1H3. The minimum atomic E-state index is -0.942. The van der Waals surface area contributed by atoms with Gasteiger partial charge in [0.25, 0.3) is 0 Å². The fourth-order valence-electron chi connectivity index (χ4n) is 0.831. The Hall–Kier alpha value is -0.470.